The molecule has 96 valence electrons. The Morgan fingerprint density at radius 1 is 1.50 bits per heavy atom. The zero-order chi connectivity index (χ0) is 13.2. The Kier molecular flexibility index (Phi) is 6.30. The summed E-state index contributed by atoms with van der Waals surface area (Å²) in [7, 11) is 0. The van der Waals surface area contributed by atoms with Gasteiger partial charge in [0.1, 0.15) is 11.8 Å². The van der Waals surface area contributed by atoms with E-state index in [1.807, 2.05) is 24.3 Å². The van der Waals surface area contributed by atoms with Gasteiger partial charge in [-0.25, -0.2) is 0 Å². The second-order valence-corrected chi connectivity index (χ2v) is 3.50. The third-order valence-electron chi connectivity index (χ3n) is 2.11. The van der Waals surface area contributed by atoms with E-state index in [4.69, 9.17) is 14.7 Å². The number of rotatable bonds is 7. The first kappa shape index (κ1) is 14.0. The standard InChI is InChI=1S/C13H16N2O3/c1-2-17-13(16)10-15-9-11-4-3-5-12(8-11)18-7-6-14/h3-5,8,15H,2,7,9-10H2,1H3. The Balaban J connectivity index is 2.38. The van der Waals surface area contributed by atoms with Crippen molar-refractivity contribution in [3.63, 3.8) is 0 Å². The molecule has 0 saturated heterocycles. The van der Waals surface area contributed by atoms with Crippen molar-refractivity contribution in [3.05, 3.63) is 29.8 Å². The average Bonchev–Trinajstić information content (AvgIpc) is 2.37. The predicted octanol–water partition coefficient (Wildman–Crippen LogP) is 1.24. The lowest BCUT2D eigenvalue weighted by Gasteiger charge is -2.06. The molecule has 1 aromatic carbocycles. The minimum Gasteiger partial charge on any atom is -0.479 e. The quantitative estimate of drug-likeness (QED) is 0.735. The molecule has 1 rings (SSSR count). The van der Waals surface area contributed by atoms with Gasteiger partial charge in [-0.05, 0) is 24.6 Å². The maximum atomic E-state index is 11.1. The first-order valence-corrected chi connectivity index (χ1v) is 5.71. The zero-order valence-electron chi connectivity index (χ0n) is 10.3. The number of esters is 1. The highest BCUT2D eigenvalue weighted by Gasteiger charge is 2.01. The van der Waals surface area contributed by atoms with Crippen LogP contribution < -0.4 is 10.1 Å². The van der Waals surface area contributed by atoms with Crippen LogP contribution in [0.5, 0.6) is 5.75 Å². The molecule has 0 fully saturated rings. The smallest absolute Gasteiger partial charge is 0.319 e. The number of nitrogens with one attached hydrogen (secondary N) is 1. The number of hydrogen-bond donors (Lipinski definition) is 1. The Morgan fingerprint density at radius 3 is 3.06 bits per heavy atom. The van der Waals surface area contributed by atoms with E-state index in [1.54, 1.807) is 13.0 Å². The van der Waals surface area contributed by atoms with Crippen molar-refractivity contribution in [1.82, 2.24) is 5.32 Å². The maximum absolute atomic E-state index is 11.1. The molecule has 0 aliphatic rings. The van der Waals surface area contributed by atoms with E-state index in [9.17, 15) is 4.79 Å². The van der Waals surface area contributed by atoms with Crippen LogP contribution in [0.4, 0.5) is 0 Å². The molecule has 5 heteroatoms. The topological polar surface area (TPSA) is 71.3 Å². The van der Waals surface area contributed by atoms with Crippen molar-refractivity contribution >= 4 is 5.97 Å². The SMILES string of the molecule is CCOC(=O)CNCc1cccc(OCC#N)c1. The number of benzene rings is 1. The number of nitrogens with zero attached hydrogens (tertiary/aromatic N) is 1. The van der Waals surface area contributed by atoms with E-state index >= 15 is 0 Å². The Labute approximate surface area is 106 Å². The summed E-state index contributed by atoms with van der Waals surface area (Å²) < 4.78 is 9.98. The number of hydrogen-bond acceptors (Lipinski definition) is 5. The monoisotopic (exact) mass is 248 g/mol. The summed E-state index contributed by atoms with van der Waals surface area (Å²) in [5.74, 6) is 0.376. The van der Waals surface area contributed by atoms with Crippen molar-refractivity contribution in [2.75, 3.05) is 19.8 Å². The molecule has 0 radical (unpaired) electrons. The molecule has 1 aromatic rings. The Hall–Kier alpha value is -2.06. The first-order valence-electron chi connectivity index (χ1n) is 5.71. The van der Waals surface area contributed by atoms with Gasteiger partial charge in [-0.1, -0.05) is 12.1 Å². The molecule has 0 saturated carbocycles. The predicted molar refractivity (Wildman–Crippen MR) is 65.9 cm³/mol. The summed E-state index contributed by atoms with van der Waals surface area (Å²) in [5.41, 5.74) is 0.981. The Bertz CT molecular complexity index is 426. The fourth-order valence-corrected chi connectivity index (χ4v) is 1.38. The van der Waals surface area contributed by atoms with E-state index in [0.29, 0.717) is 18.9 Å². The minimum atomic E-state index is -0.269. The van der Waals surface area contributed by atoms with E-state index < -0.39 is 0 Å². The van der Waals surface area contributed by atoms with Crippen molar-refractivity contribution in [1.29, 1.82) is 5.26 Å². The molecule has 0 unspecified atom stereocenters. The van der Waals surface area contributed by atoms with E-state index in [0.717, 1.165) is 5.56 Å². The molecule has 0 heterocycles. The van der Waals surface area contributed by atoms with Crippen LogP contribution in [0, 0.1) is 11.3 Å². The maximum Gasteiger partial charge on any atom is 0.319 e. The van der Waals surface area contributed by atoms with Crippen molar-refractivity contribution < 1.29 is 14.3 Å². The molecule has 0 aromatic heterocycles. The van der Waals surface area contributed by atoms with Crippen molar-refractivity contribution in [2.24, 2.45) is 0 Å². The van der Waals surface area contributed by atoms with E-state index in [2.05, 4.69) is 5.32 Å². The molecule has 0 aliphatic heterocycles. The highest BCUT2D eigenvalue weighted by Crippen LogP contribution is 2.12. The average molecular weight is 248 g/mol. The normalized spacial score (nSPS) is 9.56. The summed E-state index contributed by atoms with van der Waals surface area (Å²) in [6, 6.07) is 9.28. The van der Waals surface area contributed by atoms with Crippen molar-refractivity contribution in [3.8, 4) is 11.8 Å². The lowest BCUT2D eigenvalue weighted by molar-refractivity contribution is -0.142. The van der Waals surface area contributed by atoms with Crippen LogP contribution in [0.25, 0.3) is 0 Å². The largest absolute Gasteiger partial charge is 0.479 e. The molecule has 5 nitrogen and oxygen atoms in total. The Morgan fingerprint density at radius 2 is 2.33 bits per heavy atom. The lowest BCUT2D eigenvalue weighted by atomic mass is 10.2. The number of carbonyl (C=O) groups excluding carboxylic acids is 1. The summed E-state index contributed by atoms with van der Waals surface area (Å²) in [6.45, 7) is 2.91. The molecular formula is C13H16N2O3. The van der Waals surface area contributed by atoms with Gasteiger partial charge in [0.25, 0.3) is 0 Å². The molecule has 0 atom stereocenters. The summed E-state index contributed by atoms with van der Waals surface area (Å²) in [6.07, 6.45) is 0. The summed E-state index contributed by atoms with van der Waals surface area (Å²) in [5, 5.41) is 11.4. The second-order valence-electron chi connectivity index (χ2n) is 3.50. The van der Waals surface area contributed by atoms with Gasteiger partial charge in [-0.15, -0.1) is 0 Å². The highest BCUT2D eigenvalue weighted by atomic mass is 16.5. The van der Waals surface area contributed by atoms with E-state index in [-0.39, 0.29) is 19.1 Å². The van der Waals surface area contributed by atoms with Gasteiger partial charge in [-0.2, -0.15) is 5.26 Å². The third kappa shape index (κ3) is 5.32. The second kappa shape index (κ2) is 8.09. The van der Waals surface area contributed by atoms with Crippen LogP contribution in [0.3, 0.4) is 0 Å². The molecule has 1 N–H and O–H groups in total. The third-order valence-corrected chi connectivity index (χ3v) is 2.11. The highest BCUT2D eigenvalue weighted by molar-refractivity contribution is 5.71. The first-order chi connectivity index (χ1) is 8.76. The molecule has 0 bridgehead atoms. The molecule has 0 spiro atoms. The van der Waals surface area contributed by atoms with Gasteiger partial charge in [0.05, 0.1) is 13.2 Å². The molecular weight excluding hydrogens is 232 g/mol. The van der Waals surface area contributed by atoms with Gasteiger partial charge in [0.2, 0.25) is 0 Å². The van der Waals surface area contributed by atoms with Gasteiger partial charge >= 0.3 is 5.97 Å². The van der Waals surface area contributed by atoms with Crippen LogP contribution in [0.1, 0.15) is 12.5 Å². The number of ether oxygens (including phenoxy) is 2. The zero-order valence-corrected chi connectivity index (χ0v) is 10.3. The van der Waals surface area contributed by atoms with Crippen LogP contribution in [-0.4, -0.2) is 25.7 Å². The number of nitriles is 1. The van der Waals surface area contributed by atoms with Crippen LogP contribution in [-0.2, 0) is 16.1 Å². The van der Waals surface area contributed by atoms with Gasteiger partial charge in [-0.3, -0.25) is 4.79 Å². The minimum absolute atomic E-state index is 0.0275. The van der Waals surface area contributed by atoms with Gasteiger partial charge < -0.3 is 14.8 Å². The van der Waals surface area contributed by atoms with Crippen molar-refractivity contribution in [2.45, 2.75) is 13.5 Å². The van der Waals surface area contributed by atoms with Gasteiger partial charge in [0, 0.05) is 6.54 Å². The molecule has 0 aliphatic carbocycles. The summed E-state index contributed by atoms with van der Waals surface area (Å²) >= 11 is 0. The molecule has 18 heavy (non-hydrogen) atoms. The fraction of sp³-hybridized carbons (Fsp3) is 0.385. The fourth-order valence-electron chi connectivity index (χ4n) is 1.38. The summed E-state index contributed by atoms with van der Waals surface area (Å²) in [4.78, 5) is 11.1. The number of carbonyl (C=O) groups is 1. The van der Waals surface area contributed by atoms with Crippen LogP contribution in [0.2, 0.25) is 0 Å². The molecule has 0 amide bonds. The lowest BCUT2D eigenvalue weighted by Crippen LogP contribution is -2.24. The van der Waals surface area contributed by atoms with Crippen LogP contribution >= 0.6 is 0 Å². The van der Waals surface area contributed by atoms with E-state index in [1.165, 1.54) is 0 Å². The van der Waals surface area contributed by atoms with Crippen LogP contribution in [0.15, 0.2) is 24.3 Å². The van der Waals surface area contributed by atoms with Gasteiger partial charge in [0.15, 0.2) is 6.61 Å².